The van der Waals surface area contributed by atoms with Crippen LogP contribution in [0.5, 0.6) is 5.75 Å². The zero-order valence-corrected chi connectivity index (χ0v) is 19.6. The van der Waals surface area contributed by atoms with Crippen LogP contribution in [0.15, 0.2) is 47.6 Å². The summed E-state index contributed by atoms with van der Waals surface area (Å²) in [5.74, 6) is 2.24. The largest absolute Gasteiger partial charge is 0.486 e. The SMILES string of the molecule is CCn1c(COc2ccc(C(C)C)cc2)nnc1SCC(=O)Nc1cc(C)cc(C)c1. The number of aryl methyl sites for hydroxylation is 2. The van der Waals surface area contributed by atoms with Crippen molar-refractivity contribution in [2.24, 2.45) is 0 Å². The predicted octanol–water partition coefficient (Wildman–Crippen LogP) is 5.35. The summed E-state index contributed by atoms with van der Waals surface area (Å²) in [7, 11) is 0. The molecule has 0 spiro atoms. The molecular weight excluding hydrogens is 408 g/mol. The predicted molar refractivity (Wildman–Crippen MR) is 126 cm³/mol. The maximum Gasteiger partial charge on any atom is 0.234 e. The van der Waals surface area contributed by atoms with Crippen molar-refractivity contribution in [1.82, 2.24) is 14.8 Å². The molecule has 1 heterocycles. The smallest absolute Gasteiger partial charge is 0.234 e. The fraction of sp³-hybridized carbons (Fsp3) is 0.375. The molecule has 0 aliphatic rings. The molecule has 164 valence electrons. The Morgan fingerprint density at radius 1 is 1.10 bits per heavy atom. The van der Waals surface area contributed by atoms with Crippen molar-refractivity contribution in [3.63, 3.8) is 0 Å². The lowest BCUT2D eigenvalue weighted by Crippen LogP contribution is -2.15. The molecule has 31 heavy (non-hydrogen) atoms. The Morgan fingerprint density at radius 2 is 1.77 bits per heavy atom. The van der Waals surface area contributed by atoms with Gasteiger partial charge < -0.3 is 14.6 Å². The summed E-state index contributed by atoms with van der Waals surface area (Å²) in [6.45, 7) is 11.4. The number of aromatic nitrogens is 3. The summed E-state index contributed by atoms with van der Waals surface area (Å²) < 4.78 is 7.88. The highest BCUT2D eigenvalue weighted by molar-refractivity contribution is 7.99. The number of ether oxygens (including phenoxy) is 1. The van der Waals surface area contributed by atoms with E-state index in [9.17, 15) is 4.79 Å². The minimum atomic E-state index is -0.0660. The standard InChI is InChI=1S/C24H30N4O2S/c1-6-28-22(14-30-21-9-7-19(8-10-21)16(2)3)26-27-24(28)31-15-23(29)25-20-12-17(4)11-18(5)13-20/h7-13,16H,6,14-15H2,1-5H3,(H,25,29). The lowest BCUT2D eigenvalue weighted by molar-refractivity contribution is -0.113. The molecule has 2 aromatic carbocycles. The Morgan fingerprint density at radius 3 is 2.39 bits per heavy atom. The summed E-state index contributed by atoms with van der Waals surface area (Å²) in [5, 5.41) is 12.2. The third-order valence-electron chi connectivity index (χ3n) is 4.86. The number of nitrogens with zero attached hydrogens (tertiary/aromatic N) is 3. The Kier molecular flexibility index (Phi) is 7.74. The molecule has 0 saturated carbocycles. The molecule has 3 aromatic rings. The molecule has 1 amide bonds. The maximum atomic E-state index is 12.4. The van der Waals surface area contributed by atoms with Crippen molar-refractivity contribution in [3.8, 4) is 5.75 Å². The quantitative estimate of drug-likeness (QED) is 0.456. The lowest BCUT2D eigenvalue weighted by Gasteiger charge is -2.10. The zero-order valence-electron chi connectivity index (χ0n) is 18.8. The molecule has 0 aliphatic carbocycles. The molecule has 0 aliphatic heterocycles. The van der Waals surface area contributed by atoms with Gasteiger partial charge in [0.1, 0.15) is 12.4 Å². The number of thioether (sulfide) groups is 1. The first-order valence-electron chi connectivity index (χ1n) is 10.5. The van der Waals surface area contributed by atoms with Gasteiger partial charge in [0.25, 0.3) is 0 Å². The number of hydrogen-bond donors (Lipinski definition) is 1. The molecular formula is C24H30N4O2S. The third kappa shape index (κ3) is 6.34. The van der Waals surface area contributed by atoms with E-state index in [1.807, 2.05) is 49.6 Å². The highest BCUT2D eigenvalue weighted by atomic mass is 32.2. The molecule has 0 fully saturated rings. The highest BCUT2D eigenvalue weighted by Crippen LogP contribution is 2.21. The molecule has 1 aromatic heterocycles. The molecule has 1 N–H and O–H groups in total. The maximum absolute atomic E-state index is 12.4. The number of benzene rings is 2. The normalized spacial score (nSPS) is 11.0. The van der Waals surface area contributed by atoms with Gasteiger partial charge in [0.2, 0.25) is 5.91 Å². The summed E-state index contributed by atoms with van der Waals surface area (Å²) in [6, 6.07) is 14.1. The van der Waals surface area contributed by atoms with E-state index in [1.54, 1.807) is 0 Å². The van der Waals surface area contributed by atoms with E-state index >= 15 is 0 Å². The minimum Gasteiger partial charge on any atom is -0.486 e. The third-order valence-corrected chi connectivity index (χ3v) is 5.83. The van der Waals surface area contributed by atoms with Crippen LogP contribution in [0.4, 0.5) is 5.69 Å². The van der Waals surface area contributed by atoms with Gasteiger partial charge in [0.15, 0.2) is 11.0 Å². The van der Waals surface area contributed by atoms with Gasteiger partial charge in [0, 0.05) is 12.2 Å². The van der Waals surface area contributed by atoms with E-state index in [-0.39, 0.29) is 11.7 Å². The average molecular weight is 439 g/mol. The second-order valence-corrected chi connectivity index (χ2v) is 8.81. The van der Waals surface area contributed by atoms with E-state index in [4.69, 9.17) is 4.74 Å². The van der Waals surface area contributed by atoms with Crippen molar-refractivity contribution in [3.05, 3.63) is 65.0 Å². The lowest BCUT2D eigenvalue weighted by atomic mass is 10.0. The zero-order chi connectivity index (χ0) is 22.4. The van der Waals surface area contributed by atoms with Crippen molar-refractivity contribution in [2.45, 2.75) is 58.8 Å². The Balaban J connectivity index is 1.57. The van der Waals surface area contributed by atoms with Gasteiger partial charge in [-0.15, -0.1) is 10.2 Å². The van der Waals surface area contributed by atoms with Gasteiger partial charge in [-0.2, -0.15) is 0 Å². The number of carbonyl (C=O) groups is 1. The fourth-order valence-electron chi connectivity index (χ4n) is 3.32. The molecule has 3 rings (SSSR count). The van der Waals surface area contributed by atoms with E-state index in [1.165, 1.54) is 17.3 Å². The van der Waals surface area contributed by atoms with E-state index < -0.39 is 0 Å². The first-order valence-corrected chi connectivity index (χ1v) is 11.5. The number of carbonyl (C=O) groups excluding carboxylic acids is 1. The number of rotatable bonds is 9. The van der Waals surface area contributed by atoms with Crippen LogP contribution in [0, 0.1) is 13.8 Å². The van der Waals surface area contributed by atoms with Crippen LogP contribution >= 0.6 is 11.8 Å². The number of anilines is 1. The highest BCUT2D eigenvalue weighted by Gasteiger charge is 2.14. The molecule has 7 heteroatoms. The van der Waals surface area contributed by atoms with Crippen LogP contribution in [0.1, 0.15) is 49.2 Å². The van der Waals surface area contributed by atoms with E-state index in [2.05, 4.69) is 47.6 Å². The molecule has 0 saturated heterocycles. The summed E-state index contributed by atoms with van der Waals surface area (Å²) >= 11 is 1.38. The monoisotopic (exact) mass is 438 g/mol. The van der Waals surface area contributed by atoms with Crippen LogP contribution in [0.2, 0.25) is 0 Å². The van der Waals surface area contributed by atoms with Gasteiger partial charge in [-0.3, -0.25) is 4.79 Å². The van der Waals surface area contributed by atoms with Crippen LogP contribution in [0.25, 0.3) is 0 Å². The first-order chi connectivity index (χ1) is 14.9. The Hall–Kier alpha value is -2.80. The summed E-state index contributed by atoms with van der Waals surface area (Å²) in [6.07, 6.45) is 0. The summed E-state index contributed by atoms with van der Waals surface area (Å²) in [5.41, 5.74) is 4.34. The summed E-state index contributed by atoms with van der Waals surface area (Å²) in [4.78, 5) is 12.4. The minimum absolute atomic E-state index is 0.0660. The van der Waals surface area contributed by atoms with Crippen LogP contribution < -0.4 is 10.1 Å². The topological polar surface area (TPSA) is 69.0 Å². The van der Waals surface area contributed by atoms with Crippen molar-refractivity contribution < 1.29 is 9.53 Å². The van der Waals surface area contributed by atoms with Gasteiger partial charge in [-0.1, -0.05) is 43.8 Å². The fourth-order valence-corrected chi connectivity index (χ4v) is 4.14. The number of nitrogens with one attached hydrogen (secondary N) is 1. The molecule has 6 nitrogen and oxygen atoms in total. The molecule has 0 bridgehead atoms. The van der Waals surface area contributed by atoms with Crippen LogP contribution in [-0.2, 0) is 17.9 Å². The first kappa shape index (κ1) is 22.9. The second-order valence-electron chi connectivity index (χ2n) is 7.87. The number of hydrogen-bond acceptors (Lipinski definition) is 5. The van der Waals surface area contributed by atoms with Crippen LogP contribution in [0.3, 0.4) is 0 Å². The van der Waals surface area contributed by atoms with Crippen molar-refractivity contribution >= 4 is 23.4 Å². The number of amides is 1. The molecule has 0 radical (unpaired) electrons. The van der Waals surface area contributed by atoms with Crippen LogP contribution in [-0.4, -0.2) is 26.4 Å². The Labute approximate surface area is 188 Å². The second kappa shape index (κ2) is 10.5. The van der Waals surface area contributed by atoms with E-state index in [0.717, 1.165) is 28.4 Å². The van der Waals surface area contributed by atoms with Crippen molar-refractivity contribution in [2.75, 3.05) is 11.1 Å². The van der Waals surface area contributed by atoms with Gasteiger partial charge in [0.05, 0.1) is 5.75 Å². The van der Waals surface area contributed by atoms with Gasteiger partial charge in [-0.05, 0) is 67.6 Å². The Bertz CT molecular complexity index is 1010. The van der Waals surface area contributed by atoms with Gasteiger partial charge >= 0.3 is 0 Å². The molecule has 0 atom stereocenters. The molecule has 0 unspecified atom stereocenters. The average Bonchev–Trinajstić information content (AvgIpc) is 3.12. The van der Waals surface area contributed by atoms with Crippen molar-refractivity contribution in [1.29, 1.82) is 0 Å². The van der Waals surface area contributed by atoms with E-state index in [0.29, 0.717) is 24.2 Å². The van der Waals surface area contributed by atoms with Gasteiger partial charge in [-0.25, -0.2) is 0 Å².